The smallest absolute Gasteiger partial charge is 0.263 e. The van der Waals surface area contributed by atoms with Crippen LogP contribution in [0, 0.1) is 20.8 Å². The van der Waals surface area contributed by atoms with Crippen LogP contribution < -0.4 is 10.9 Å². The standard InChI is InChI=1S/C25H25N3O2S/c1-5-18-7-10-20(11-8-18)27-21(29)13-28-14-26-24-23(25(28)30)22(17(4)31-24)19-9-6-15(2)16(3)12-19/h6-12,14H,5,13H2,1-4H3,(H,27,29). The molecular formula is C25H25N3O2S. The quantitative estimate of drug-likeness (QED) is 0.469. The van der Waals surface area contributed by atoms with Crippen molar-refractivity contribution < 1.29 is 4.79 Å². The fraction of sp³-hybridized carbons (Fsp3) is 0.240. The van der Waals surface area contributed by atoms with E-state index >= 15 is 0 Å². The van der Waals surface area contributed by atoms with E-state index in [9.17, 15) is 9.59 Å². The fourth-order valence-electron chi connectivity index (χ4n) is 3.67. The van der Waals surface area contributed by atoms with E-state index in [0.717, 1.165) is 22.4 Å². The summed E-state index contributed by atoms with van der Waals surface area (Å²) in [6, 6.07) is 13.9. The van der Waals surface area contributed by atoms with Gasteiger partial charge in [-0.3, -0.25) is 14.2 Å². The Balaban J connectivity index is 1.67. The Bertz CT molecular complexity index is 1330. The number of aryl methyl sites for hydroxylation is 4. The van der Waals surface area contributed by atoms with Crippen molar-refractivity contribution in [1.29, 1.82) is 0 Å². The van der Waals surface area contributed by atoms with Gasteiger partial charge in [-0.15, -0.1) is 11.3 Å². The van der Waals surface area contributed by atoms with Gasteiger partial charge in [-0.25, -0.2) is 4.98 Å². The molecule has 6 heteroatoms. The first-order valence-corrected chi connectivity index (χ1v) is 11.1. The lowest BCUT2D eigenvalue weighted by Crippen LogP contribution is -2.27. The zero-order valence-corrected chi connectivity index (χ0v) is 19.0. The normalized spacial score (nSPS) is 11.1. The number of hydrogen-bond donors (Lipinski definition) is 1. The summed E-state index contributed by atoms with van der Waals surface area (Å²) in [6.07, 6.45) is 2.41. The zero-order chi connectivity index (χ0) is 22.1. The highest BCUT2D eigenvalue weighted by molar-refractivity contribution is 7.19. The van der Waals surface area contributed by atoms with E-state index in [2.05, 4.69) is 43.2 Å². The number of nitrogens with one attached hydrogen (secondary N) is 1. The average molecular weight is 432 g/mol. The first-order valence-electron chi connectivity index (χ1n) is 10.3. The molecule has 0 saturated carbocycles. The minimum atomic E-state index is -0.257. The molecule has 158 valence electrons. The van der Waals surface area contributed by atoms with Crippen LogP contribution in [0.1, 0.15) is 28.5 Å². The van der Waals surface area contributed by atoms with Crippen molar-refractivity contribution in [1.82, 2.24) is 9.55 Å². The maximum Gasteiger partial charge on any atom is 0.263 e. The van der Waals surface area contributed by atoms with Crippen LogP contribution in [0.15, 0.2) is 53.6 Å². The van der Waals surface area contributed by atoms with Crippen molar-refractivity contribution in [3.63, 3.8) is 0 Å². The number of anilines is 1. The summed E-state index contributed by atoms with van der Waals surface area (Å²) in [5, 5.41) is 3.44. The molecule has 4 aromatic rings. The predicted octanol–water partition coefficient (Wildman–Crippen LogP) is 5.25. The van der Waals surface area contributed by atoms with Crippen molar-refractivity contribution in [2.45, 2.75) is 40.7 Å². The van der Waals surface area contributed by atoms with Gasteiger partial charge >= 0.3 is 0 Å². The van der Waals surface area contributed by atoms with Crippen molar-refractivity contribution in [2.24, 2.45) is 0 Å². The number of hydrogen-bond acceptors (Lipinski definition) is 4. The molecule has 2 aromatic heterocycles. The molecule has 5 nitrogen and oxygen atoms in total. The Hall–Kier alpha value is -3.25. The summed E-state index contributed by atoms with van der Waals surface area (Å²) in [4.78, 5) is 32.1. The third-order valence-corrected chi connectivity index (χ3v) is 6.62. The van der Waals surface area contributed by atoms with Gasteiger partial charge in [-0.2, -0.15) is 0 Å². The summed E-state index contributed by atoms with van der Waals surface area (Å²) in [6.45, 7) is 8.14. The Kier molecular flexibility index (Phi) is 5.74. The van der Waals surface area contributed by atoms with Crippen LogP contribution in [0.5, 0.6) is 0 Å². The highest BCUT2D eigenvalue weighted by Gasteiger charge is 2.18. The van der Waals surface area contributed by atoms with E-state index in [0.29, 0.717) is 15.9 Å². The molecule has 0 aliphatic heterocycles. The van der Waals surface area contributed by atoms with Crippen molar-refractivity contribution in [3.05, 3.63) is 80.7 Å². The maximum absolute atomic E-state index is 13.3. The molecule has 0 fully saturated rings. The summed E-state index contributed by atoms with van der Waals surface area (Å²) < 4.78 is 1.38. The lowest BCUT2D eigenvalue weighted by Gasteiger charge is -2.09. The summed E-state index contributed by atoms with van der Waals surface area (Å²) in [7, 11) is 0. The molecule has 0 radical (unpaired) electrons. The van der Waals surface area contributed by atoms with Crippen LogP contribution in [-0.2, 0) is 17.8 Å². The van der Waals surface area contributed by atoms with Gasteiger partial charge in [-0.1, -0.05) is 37.3 Å². The molecule has 0 aliphatic carbocycles. The van der Waals surface area contributed by atoms with E-state index in [4.69, 9.17) is 0 Å². The van der Waals surface area contributed by atoms with Gasteiger partial charge in [0.25, 0.3) is 5.56 Å². The molecule has 31 heavy (non-hydrogen) atoms. The number of benzene rings is 2. The van der Waals surface area contributed by atoms with Gasteiger partial charge in [0, 0.05) is 16.1 Å². The number of carbonyl (C=O) groups excluding carboxylic acids is 1. The first-order chi connectivity index (χ1) is 14.9. The number of fused-ring (bicyclic) bond motifs is 1. The molecule has 0 unspecified atom stereocenters. The van der Waals surface area contributed by atoms with Crippen LogP contribution in [0.4, 0.5) is 5.69 Å². The van der Waals surface area contributed by atoms with Crippen LogP contribution in [-0.4, -0.2) is 15.5 Å². The predicted molar refractivity (Wildman–Crippen MR) is 128 cm³/mol. The lowest BCUT2D eigenvalue weighted by atomic mass is 9.99. The molecule has 2 heterocycles. The Morgan fingerprint density at radius 1 is 1.06 bits per heavy atom. The first kappa shape index (κ1) is 21.0. The second-order valence-corrected chi connectivity index (χ2v) is 8.99. The SMILES string of the molecule is CCc1ccc(NC(=O)Cn2cnc3sc(C)c(-c4ccc(C)c(C)c4)c3c2=O)cc1. The molecule has 0 spiro atoms. The lowest BCUT2D eigenvalue weighted by molar-refractivity contribution is -0.116. The maximum atomic E-state index is 13.3. The molecule has 0 saturated heterocycles. The van der Waals surface area contributed by atoms with Gasteiger partial charge in [0.05, 0.1) is 11.7 Å². The summed E-state index contributed by atoms with van der Waals surface area (Å²) in [5.74, 6) is -0.257. The van der Waals surface area contributed by atoms with E-state index < -0.39 is 0 Å². The fourth-order valence-corrected chi connectivity index (χ4v) is 4.68. The number of amides is 1. The minimum Gasteiger partial charge on any atom is -0.325 e. The Labute approximate surface area is 185 Å². The molecule has 2 aromatic carbocycles. The van der Waals surface area contributed by atoms with E-state index in [-0.39, 0.29) is 18.0 Å². The molecule has 0 atom stereocenters. The zero-order valence-electron chi connectivity index (χ0n) is 18.2. The average Bonchev–Trinajstić information content (AvgIpc) is 3.09. The Morgan fingerprint density at radius 3 is 2.48 bits per heavy atom. The molecule has 1 amide bonds. The van der Waals surface area contributed by atoms with Gasteiger partial charge < -0.3 is 5.32 Å². The van der Waals surface area contributed by atoms with Crippen LogP contribution in [0.2, 0.25) is 0 Å². The van der Waals surface area contributed by atoms with Crippen LogP contribution in [0.3, 0.4) is 0 Å². The minimum absolute atomic E-state index is 0.0848. The molecule has 4 rings (SSSR count). The third kappa shape index (κ3) is 4.16. The summed E-state index contributed by atoms with van der Waals surface area (Å²) >= 11 is 1.51. The topological polar surface area (TPSA) is 64.0 Å². The largest absolute Gasteiger partial charge is 0.325 e. The van der Waals surface area contributed by atoms with Gasteiger partial charge in [0.1, 0.15) is 11.4 Å². The van der Waals surface area contributed by atoms with E-state index in [1.165, 1.54) is 38.9 Å². The Morgan fingerprint density at radius 2 is 1.81 bits per heavy atom. The monoisotopic (exact) mass is 431 g/mol. The van der Waals surface area contributed by atoms with Gasteiger partial charge in [0.2, 0.25) is 5.91 Å². The number of carbonyl (C=O) groups is 1. The number of nitrogens with zero attached hydrogens (tertiary/aromatic N) is 2. The van der Waals surface area contributed by atoms with Crippen LogP contribution >= 0.6 is 11.3 Å². The number of thiophene rings is 1. The summed E-state index contributed by atoms with van der Waals surface area (Å²) in [5.41, 5.74) is 6.02. The molecular weight excluding hydrogens is 406 g/mol. The third-order valence-electron chi connectivity index (χ3n) is 5.61. The van der Waals surface area contributed by atoms with Gasteiger partial charge in [-0.05, 0) is 61.6 Å². The highest BCUT2D eigenvalue weighted by atomic mass is 32.1. The molecule has 0 aliphatic rings. The molecule has 1 N–H and O–H groups in total. The van der Waals surface area contributed by atoms with E-state index in [1.54, 1.807) is 0 Å². The highest BCUT2D eigenvalue weighted by Crippen LogP contribution is 2.36. The van der Waals surface area contributed by atoms with Crippen molar-refractivity contribution in [3.8, 4) is 11.1 Å². The number of aromatic nitrogens is 2. The van der Waals surface area contributed by atoms with Crippen LogP contribution in [0.25, 0.3) is 21.3 Å². The van der Waals surface area contributed by atoms with E-state index in [1.807, 2.05) is 37.3 Å². The molecule has 0 bridgehead atoms. The van der Waals surface area contributed by atoms with Crippen molar-refractivity contribution >= 4 is 33.1 Å². The van der Waals surface area contributed by atoms with Gasteiger partial charge in [0.15, 0.2) is 0 Å². The second-order valence-electron chi connectivity index (χ2n) is 7.79. The second kappa shape index (κ2) is 8.47. The number of rotatable bonds is 5. The van der Waals surface area contributed by atoms with Crippen molar-refractivity contribution in [2.75, 3.05) is 5.32 Å².